The summed E-state index contributed by atoms with van der Waals surface area (Å²) in [5.41, 5.74) is 5.79. The number of carbonyl (C=O) groups excluding carboxylic acids is 1. The van der Waals surface area contributed by atoms with Crippen LogP contribution in [0, 0.1) is 0 Å². The monoisotopic (exact) mass is 255 g/mol. The molecule has 2 saturated heterocycles. The average Bonchev–Trinajstić information content (AvgIpc) is 2.49. The molecular weight excluding hydrogens is 230 g/mol. The van der Waals surface area contributed by atoms with Crippen molar-refractivity contribution in [2.24, 2.45) is 5.73 Å². The Kier molecular flexibility index (Phi) is 3.32. The predicted molar refractivity (Wildman–Crippen MR) is 70.4 cm³/mol. The fraction of sp³-hybridized carbons (Fsp3) is 0.923. The minimum atomic E-state index is -0.428. The molecular formula is C13H25N3O2. The Morgan fingerprint density at radius 3 is 2.56 bits per heavy atom. The molecule has 2 aliphatic heterocycles. The maximum Gasteiger partial charge on any atom is 0.410 e. The van der Waals surface area contributed by atoms with E-state index < -0.39 is 5.60 Å². The summed E-state index contributed by atoms with van der Waals surface area (Å²) in [4.78, 5) is 16.1. The van der Waals surface area contributed by atoms with Gasteiger partial charge < -0.3 is 15.4 Å². The molecule has 2 N–H and O–H groups in total. The zero-order valence-corrected chi connectivity index (χ0v) is 11.9. The van der Waals surface area contributed by atoms with Crippen molar-refractivity contribution in [3.63, 3.8) is 0 Å². The van der Waals surface area contributed by atoms with E-state index in [4.69, 9.17) is 10.5 Å². The van der Waals surface area contributed by atoms with E-state index in [1.807, 2.05) is 20.8 Å². The van der Waals surface area contributed by atoms with Gasteiger partial charge in [0.2, 0.25) is 0 Å². The number of hydrogen-bond acceptors (Lipinski definition) is 4. The topological polar surface area (TPSA) is 58.8 Å². The number of amides is 1. The van der Waals surface area contributed by atoms with Crippen LogP contribution in [0.4, 0.5) is 4.79 Å². The van der Waals surface area contributed by atoms with Crippen molar-refractivity contribution < 1.29 is 9.53 Å². The lowest BCUT2D eigenvalue weighted by Gasteiger charge is -2.54. The molecule has 0 saturated carbocycles. The predicted octanol–water partition coefficient (Wildman–Crippen LogP) is 1.03. The molecule has 2 aliphatic rings. The van der Waals surface area contributed by atoms with Gasteiger partial charge >= 0.3 is 6.09 Å². The molecule has 1 atom stereocenters. The van der Waals surface area contributed by atoms with Gasteiger partial charge in [0.25, 0.3) is 0 Å². The molecule has 104 valence electrons. The minimum absolute atomic E-state index is 0.00561. The van der Waals surface area contributed by atoms with Gasteiger partial charge in [0.1, 0.15) is 5.60 Å². The summed E-state index contributed by atoms with van der Waals surface area (Å²) in [5.74, 6) is 0. The number of ether oxygens (including phenoxy) is 1. The SMILES string of the molecule is CCN1CCC(N)C12CN(C(=O)OC(C)(C)C)C2. The molecule has 5 heteroatoms. The van der Waals surface area contributed by atoms with Gasteiger partial charge in [0.15, 0.2) is 0 Å². The van der Waals surface area contributed by atoms with E-state index in [-0.39, 0.29) is 17.7 Å². The van der Waals surface area contributed by atoms with Crippen LogP contribution in [0.1, 0.15) is 34.1 Å². The van der Waals surface area contributed by atoms with Gasteiger partial charge in [-0.3, -0.25) is 4.90 Å². The summed E-state index contributed by atoms with van der Waals surface area (Å²) in [6, 6.07) is 0.177. The van der Waals surface area contributed by atoms with Crippen LogP contribution >= 0.6 is 0 Å². The van der Waals surface area contributed by atoms with Crippen LogP contribution in [0.3, 0.4) is 0 Å². The largest absolute Gasteiger partial charge is 0.444 e. The average molecular weight is 255 g/mol. The number of hydrogen-bond donors (Lipinski definition) is 1. The molecule has 2 heterocycles. The quantitative estimate of drug-likeness (QED) is 0.760. The third kappa shape index (κ3) is 2.21. The van der Waals surface area contributed by atoms with Crippen molar-refractivity contribution in [3.05, 3.63) is 0 Å². The molecule has 0 aromatic heterocycles. The minimum Gasteiger partial charge on any atom is -0.444 e. The van der Waals surface area contributed by atoms with E-state index in [0.29, 0.717) is 13.1 Å². The summed E-state index contributed by atoms with van der Waals surface area (Å²) in [5, 5.41) is 0. The van der Waals surface area contributed by atoms with E-state index in [1.54, 1.807) is 4.90 Å². The Labute approximate surface area is 109 Å². The van der Waals surface area contributed by atoms with E-state index in [0.717, 1.165) is 19.5 Å². The molecule has 2 rings (SSSR count). The first-order chi connectivity index (χ1) is 8.28. The maximum atomic E-state index is 11.9. The Morgan fingerprint density at radius 1 is 1.44 bits per heavy atom. The second-order valence-electron chi connectivity index (χ2n) is 6.41. The lowest BCUT2D eigenvalue weighted by atomic mass is 9.83. The van der Waals surface area contributed by atoms with Crippen molar-refractivity contribution in [1.29, 1.82) is 0 Å². The molecule has 2 fully saturated rings. The normalized spacial score (nSPS) is 27.4. The van der Waals surface area contributed by atoms with Crippen LogP contribution in [0.15, 0.2) is 0 Å². The third-order valence-electron chi connectivity index (χ3n) is 3.99. The lowest BCUT2D eigenvalue weighted by Crippen LogP contribution is -2.74. The number of nitrogens with two attached hydrogens (primary N) is 1. The second kappa shape index (κ2) is 4.38. The van der Waals surface area contributed by atoms with Crippen molar-refractivity contribution in [1.82, 2.24) is 9.80 Å². The molecule has 0 aromatic carbocycles. The molecule has 18 heavy (non-hydrogen) atoms. The van der Waals surface area contributed by atoms with Crippen molar-refractivity contribution >= 4 is 6.09 Å². The summed E-state index contributed by atoms with van der Waals surface area (Å²) >= 11 is 0. The number of rotatable bonds is 1. The maximum absolute atomic E-state index is 11.9. The molecule has 1 amide bonds. The van der Waals surface area contributed by atoms with E-state index in [2.05, 4.69) is 11.8 Å². The first kappa shape index (κ1) is 13.6. The highest BCUT2D eigenvalue weighted by Crippen LogP contribution is 2.37. The fourth-order valence-electron chi connectivity index (χ4n) is 3.00. The van der Waals surface area contributed by atoms with Gasteiger partial charge in [0.05, 0.1) is 5.54 Å². The first-order valence-corrected chi connectivity index (χ1v) is 6.77. The van der Waals surface area contributed by atoms with Crippen molar-refractivity contribution in [2.75, 3.05) is 26.2 Å². The molecule has 0 bridgehead atoms. The number of carbonyl (C=O) groups is 1. The first-order valence-electron chi connectivity index (χ1n) is 6.77. The smallest absolute Gasteiger partial charge is 0.410 e. The van der Waals surface area contributed by atoms with Crippen LogP contribution < -0.4 is 5.73 Å². The van der Waals surface area contributed by atoms with Crippen molar-refractivity contribution in [2.45, 2.75) is 51.3 Å². The Hall–Kier alpha value is -0.810. The fourth-order valence-corrected chi connectivity index (χ4v) is 3.00. The standard InChI is InChI=1S/C13H25N3O2/c1-5-16-7-6-10(14)13(16)8-15(9-13)11(17)18-12(2,3)4/h10H,5-9,14H2,1-4H3. The molecule has 1 unspecified atom stereocenters. The van der Waals surface area contributed by atoms with Crippen LogP contribution in [-0.2, 0) is 4.74 Å². The van der Waals surface area contributed by atoms with Gasteiger partial charge in [-0.25, -0.2) is 4.79 Å². The van der Waals surface area contributed by atoms with Crippen molar-refractivity contribution in [3.8, 4) is 0 Å². The highest BCUT2D eigenvalue weighted by atomic mass is 16.6. The van der Waals surface area contributed by atoms with E-state index in [9.17, 15) is 4.79 Å². The zero-order chi connectivity index (χ0) is 13.6. The Morgan fingerprint density at radius 2 is 2.06 bits per heavy atom. The van der Waals surface area contributed by atoms with Crippen LogP contribution in [0.2, 0.25) is 0 Å². The third-order valence-corrected chi connectivity index (χ3v) is 3.99. The number of nitrogens with zero attached hydrogens (tertiary/aromatic N) is 2. The number of likely N-dealkylation sites (N-methyl/N-ethyl adjacent to an activating group) is 1. The van der Waals surface area contributed by atoms with E-state index in [1.165, 1.54) is 0 Å². The van der Waals surface area contributed by atoms with Gasteiger partial charge in [-0.05, 0) is 33.7 Å². The van der Waals surface area contributed by atoms with Gasteiger partial charge in [0, 0.05) is 25.7 Å². The summed E-state index contributed by atoms with van der Waals surface area (Å²) in [7, 11) is 0. The zero-order valence-electron chi connectivity index (χ0n) is 11.9. The summed E-state index contributed by atoms with van der Waals surface area (Å²) in [6.45, 7) is 11.3. The molecule has 0 aromatic rings. The highest BCUT2D eigenvalue weighted by Gasteiger charge is 2.56. The van der Waals surface area contributed by atoms with Gasteiger partial charge in [-0.2, -0.15) is 0 Å². The van der Waals surface area contributed by atoms with Gasteiger partial charge in [-0.1, -0.05) is 6.92 Å². The van der Waals surface area contributed by atoms with Crippen LogP contribution in [-0.4, -0.2) is 59.3 Å². The lowest BCUT2D eigenvalue weighted by molar-refractivity contribution is -0.0518. The molecule has 0 aliphatic carbocycles. The van der Waals surface area contributed by atoms with Gasteiger partial charge in [-0.15, -0.1) is 0 Å². The highest BCUT2D eigenvalue weighted by molar-refractivity contribution is 5.70. The second-order valence-corrected chi connectivity index (χ2v) is 6.41. The molecule has 0 radical (unpaired) electrons. The van der Waals surface area contributed by atoms with Crippen LogP contribution in [0.5, 0.6) is 0 Å². The number of likely N-dealkylation sites (tertiary alicyclic amines) is 2. The Balaban J connectivity index is 1.95. The Bertz CT molecular complexity index is 332. The van der Waals surface area contributed by atoms with Crippen LogP contribution in [0.25, 0.3) is 0 Å². The summed E-state index contributed by atoms with van der Waals surface area (Å²) in [6.07, 6.45) is 0.805. The summed E-state index contributed by atoms with van der Waals surface area (Å²) < 4.78 is 5.38. The molecule has 5 nitrogen and oxygen atoms in total. The van der Waals surface area contributed by atoms with E-state index >= 15 is 0 Å². The molecule has 1 spiro atoms.